The fourth-order valence-electron chi connectivity index (χ4n) is 3.01. The van der Waals surface area contributed by atoms with E-state index in [0.29, 0.717) is 22.0 Å². The largest absolute Gasteiger partial charge is 0.326 e. The lowest BCUT2D eigenvalue weighted by molar-refractivity contribution is -0.116. The third-order valence-corrected chi connectivity index (χ3v) is 7.10. The van der Waals surface area contributed by atoms with Crippen molar-refractivity contribution < 1.29 is 18.0 Å². The Hall–Kier alpha value is -2.72. The van der Waals surface area contributed by atoms with Crippen molar-refractivity contribution >= 4 is 60.7 Å². The zero-order valence-corrected chi connectivity index (χ0v) is 20.7. The second-order valence-corrected chi connectivity index (χ2v) is 10.5. The van der Waals surface area contributed by atoms with Gasteiger partial charge in [-0.25, -0.2) is 8.42 Å². The maximum absolute atomic E-state index is 13.3. The van der Waals surface area contributed by atoms with Crippen molar-refractivity contribution in [2.24, 2.45) is 0 Å². The SMILES string of the molecule is CC(=O)Nc1cccc(NC(=O)CN(Cc2ccc(Cl)cc2)S(=O)(=O)c2ccc(Br)cc2)c1. The molecule has 33 heavy (non-hydrogen) atoms. The van der Waals surface area contributed by atoms with Gasteiger partial charge in [-0.1, -0.05) is 45.7 Å². The molecule has 3 rings (SSSR count). The lowest BCUT2D eigenvalue weighted by Gasteiger charge is -2.22. The number of carbonyl (C=O) groups excluding carboxylic acids is 2. The summed E-state index contributed by atoms with van der Waals surface area (Å²) in [6, 6.07) is 19.5. The minimum atomic E-state index is -3.98. The molecule has 0 heterocycles. The summed E-state index contributed by atoms with van der Waals surface area (Å²) in [5.74, 6) is -0.766. The van der Waals surface area contributed by atoms with Crippen LogP contribution in [0.2, 0.25) is 5.02 Å². The summed E-state index contributed by atoms with van der Waals surface area (Å²) in [4.78, 5) is 24.1. The van der Waals surface area contributed by atoms with Crippen LogP contribution < -0.4 is 10.6 Å². The van der Waals surface area contributed by atoms with E-state index in [0.717, 1.165) is 8.78 Å². The molecule has 0 unspecified atom stereocenters. The molecule has 3 aromatic carbocycles. The van der Waals surface area contributed by atoms with Crippen LogP contribution in [0.25, 0.3) is 0 Å². The lowest BCUT2D eigenvalue weighted by atomic mass is 10.2. The first-order chi connectivity index (χ1) is 15.6. The van der Waals surface area contributed by atoms with Crippen LogP contribution in [0.4, 0.5) is 11.4 Å². The Kier molecular flexibility index (Phi) is 8.25. The fraction of sp³-hybridized carbons (Fsp3) is 0.130. The molecule has 0 saturated heterocycles. The maximum atomic E-state index is 13.3. The van der Waals surface area contributed by atoms with E-state index in [9.17, 15) is 18.0 Å². The van der Waals surface area contributed by atoms with Crippen LogP contribution in [0.3, 0.4) is 0 Å². The highest BCUT2D eigenvalue weighted by Gasteiger charge is 2.27. The Labute approximate surface area is 205 Å². The summed E-state index contributed by atoms with van der Waals surface area (Å²) < 4.78 is 28.5. The van der Waals surface area contributed by atoms with Crippen molar-refractivity contribution in [3.05, 3.63) is 87.9 Å². The van der Waals surface area contributed by atoms with Gasteiger partial charge in [0.2, 0.25) is 21.8 Å². The summed E-state index contributed by atoms with van der Waals surface area (Å²) in [7, 11) is -3.98. The van der Waals surface area contributed by atoms with E-state index in [4.69, 9.17) is 11.6 Å². The second-order valence-electron chi connectivity index (χ2n) is 7.16. The van der Waals surface area contributed by atoms with Crippen molar-refractivity contribution in [3.8, 4) is 0 Å². The van der Waals surface area contributed by atoms with Crippen molar-refractivity contribution in [1.82, 2.24) is 4.31 Å². The van der Waals surface area contributed by atoms with Crippen LogP contribution in [-0.2, 0) is 26.2 Å². The molecule has 0 aliphatic heterocycles. The number of nitrogens with zero attached hydrogens (tertiary/aromatic N) is 1. The molecule has 7 nitrogen and oxygen atoms in total. The molecule has 0 fully saturated rings. The number of hydrogen-bond acceptors (Lipinski definition) is 4. The van der Waals surface area contributed by atoms with Gasteiger partial charge in [-0.05, 0) is 60.2 Å². The Morgan fingerprint density at radius 3 is 2.15 bits per heavy atom. The number of hydrogen-bond donors (Lipinski definition) is 2. The van der Waals surface area contributed by atoms with Crippen LogP contribution in [-0.4, -0.2) is 31.1 Å². The molecule has 0 radical (unpaired) electrons. The van der Waals surface area contributed by atoms with E-state index in [-0.39, 0.29) is 17.3 Å². The molecular formula is C23H21BrClN3O4S. The Balaban J connectivity index is 1.84. The lowest BCUT2D eigenvalue weighted by Crippen LogP contribution is -2.37. The summed E-state index contributed by atoms with van der Waals surface area (Å²) >= 11 is 9.24. The predicted octanol–water partition coefficient (Wildman–Crippen LogP) is 4.89. The summed E-state index contributed by atoms with van der Waals surface area (Å²) in [6.07, 6.45) is 0. The number of rotatable bonds is 8. The number of benzene rings is 3. The number of carbonyl (C=O) groups is 2. The summed E-state index contributed by atoms with van der Waals surface area (Å²) in [6.45, 7) is 0.952. The van der Waals surface area contributed by atoms with E-state index in [2.05, 4.69) is 26.6 Å². The van der Waals surface area contributed by atoms with Gasteiger partial charge in [0.15, 0.2) is 0 Å². The molecule has 0 atom stereocenters. The standard InChI is InChI=1S/C23H21BrClN3O4S/c1-16(29)26-20-3-2-4-21(13-20)27-23(30)15-28(14-17-5-9-19(25)10-6-17)33(31,32)22-11-7-18(24)8-12-22/h2-13H,14-15H2,1H3,(H,26,29)(H,27,30). The van der Waals surface area contributed by atoms with Gasteiger partial charge < -0.3 is 10.6 Å². The minimum absolute atomic E-state index is 0.0189. The van der Waals surface area contributed by atoms with Crippen molar-refractivity contribution in [3.63, 3.8) is 0 Å². The normalized spacial score (nSPS) is 11.3. The van der Waals surface area contributed by atoms with Crippen molar-refractivity contribution in [2.75, 3.05) is 17.2 Å². The highest BCUT2D eigenvalue weighted by Crippen LogP contribution is 2.22. The zero-order chi connectivity index (χ0) is 24.0. The van der Waals surface area contributed by atoms with E-state index < -0.39 is 22.5 Å². The molecule has 0 spiro atoms. The predicted molar refractivity (Wildman–Crippen MR) is 133 cm³/mol. The van der Waals surface area contributed by atoms with Gasteiger partial charge in [0, 0.05) is 34.3 Å². The molecule has 3 aromatic rings. The number of halogens is 2. The number of nitrogens with one attached hydrogen (secondary N) is 2. The van der Waals surface area contributed by atoms with Crippen LogP contribution in [0.5, 0.6) is 0 Å². The van der Waals surface area contributed by atoms with Crippen LogP contribution in [0, 0.1) is 0 Å². The van der Waals surface area contributed by atoms with Gasteiger partial charge in [0.25, 0.3) is 0 Å². The van der Waals surface area contributed by atoms with Crippen LogP contribution in [0.1, 0.15) is 12.5 Å². The van der Waals surface area contributed by atoms with Gasteiger partial charge in [0.05, 0.1) is 11.4 Å². The fourth-order valence-corrected chi connectivity index (χ4v) is 4.79. The molecular weight excluding hydrogens is 530 g/mol. The third kappa shape index (κ3) is 7.13. The molecule has 2 amide bonds. The minimum Gasteiger partial charge on any atom is -0.326 e. The molecule has 10 heteroatoms. The molecule has 2 N–H and O–H groups in total. The molecule has 0 saturated carbocycles. The van der Waals surface area contributed by atoms with Crippen LogP contribution in [0.15, 0.2) is 82.2 Å². The highest BCUT2D eigenvalue weighted by atomic mass is 79.9. The first-order valence-electron chi connectivity index (χ1n) is 9.81. The van der Waals surface area contributed by atoms with Crippen molar-refractivity contribution in [2.45, 2.75) is 18.4 Å². The van der Waals surface area contributed by atoms with Crippen LogP contribution >= 0.6 is 27.5 Å². The number of sulfonamides is 1. The van der Waals surface area contributed by atoms with Gasteiger partial charge in [-0.2, -0.15) is 4.31 Å². The molecule has 172 valence electrons. The average molecular weight is 551 g/mol. The van der Waals surface area contributed by atoms with Gasteiger partial charge in [-0.3, -0.25) is 9.59 Å². The third-order valence-electron chi connectivity index (χ3n) is 4.51. The first kappa shape index (κ1) is 24.9. The second kappa shape index (κ2) is 10.9. The highest BCUT2D eigenvalue weighted by molar-refractivity contribution is 9.10. The van der Waals surface area contributed by atoms with Gasteiger partial charge in [-0.15, -0.1) is 0 Å². The summed E-state index contributed by atoms with van der Waals surface area (Å²) in [5.41, 5.74) is 1.63. The molecule has 0 bridgehead atoms. The smallest absolute Gasteiger partial charge is 0.243 e. The monoisotopic (exact) mass is 549 g/mol. The maximum Gasteiger partial charge on any atom is 0.243 e. The molecule has 0 aromatic heterocycles. The number of anilines is 2. The first-order valence-corrected chi connectivity index (χ1v) is 12.4. The van der Waals surface area contributed by atoms with E-state index in [1.165, 1.54) is 19.1 Å². The summed E-state index contributed by atoms with van der Waals surface area (Å²) in [5, 5.41) is 5.85. The van der Waals surface area contributed by atoms with E-state index >= 15 is 0 Å². The Morgan fingerprint density at radius 2 is 1.55 bits per heavy atom. The average Bonchev–Trinajstić information content (AvgIpc) is 2.75. The Bertz CT molecular complexity index is 1250. The molecule has 0 aliphatic rings. The van der Waals surface area contributed by atoms with Gasteiger partial charge in [0.1, 0.15) is 0 Å². The van der Waals surface area contributed by atoms with Crippen molar-refractivity contribution in [1.29, 1.82) is 0 Å². The molecule has 0 aliphatic carbocycles. The van der Waals surface area contributed by atoms with E-state index in [1.54, 1.807) is 60.7 Å². The van der Waals surface area contributed by atoms with Gasteiger partial charge >= 0.3 is 0 Å². The topological polar surface area (TPSA) is 95.6 Å². The zero-order valence-electron chi connectivity index (χ0n) is 17.6. The quantitative estimate of drug-likeness (QED) is 0.417. The number of amides is 2. The Morgan fingerprint density at radius 1 is 0.939 bits per heavy atom. The van der Waals surface area contributed by atoms with E-state index in [1.807, 2.05) is 0 Å².